The molecule has 2 aromatic rings. The zero-order valence-corrected chi connectivity index (χ0v) is 17.8. The highest BCUT2D eigenvalue weighted by Crippen LogP contribution is 2.25. The summed E-state index contributed by atoms with van der Waals surface area (Å²) in [5, 5.41) is 4.00. The minimum atomic E-state index is -3.80. The fourth-order valence-corrected chi connectivity index (χ4v) is 3.69. The van der Waals surface area contributed by atoms with Crippen LogP contribution in [-0.4, -0.2) is 39.9 Å². The average molecular weight is 472 g/mol. The normalized spacial score (nSPS) is 11.8. The molecule has 0 aromatic heterocycles. The number of methoxy groups -OCH3 is 1. The van der Waals surface area contributed by atoms with Crippen LogP contribution in [-0.2, 0) is 14.8 Å². The Morgan fingerprint density at radius 1 is 1.29 bits per heavy atom. The standard InChI is InChI=1S/C18H19BrFN3O4S/c1-12(13-7-8-17(27-2)16(19)9-13)21-22-18(24)11-23(28(3,25)26)15-6-4-5-14(20)10-15/h4-10H,11H2,1-3H3,(H,22,24)/b21-12-. The predicted octanol–water partition coefficient (Wildman–Crippen LogP) is 2.90. The number of carbonyl (C=O) groups is 1. The first-order valence-corrected chi connectivity index (χ1v) is 10.7. The summed E-state index contributed by atoms with van der Waals surface area (Å²) in [6, 6.07) is 10.3. The molecule has 0 radical (unpaired) electrons. The molecule has 0 heterocycles. The van der Waals surface area contributed by atoms with Crippen molar-refractivity contribution in [2.24, 2.45) is 5.10 Å². The Morgan fingerprint density at radius 2 is 2.00 bits per heavy atom. The van der Waals surface area contributed by atoms with Crippen LogP contribution in [0.25, 0.3) is 0 Å². The molecule has 0 saturated heterocycles. The maximum atomic E-state index is 13.4. The second-order valence-corrected chi connectivity index (χ2v) is 8.59. The van der Waals surface area contributed by atoms with E-state index in [-0.39, 0.29) is 5.69 Å². The molecular formula is C18H19BrFN3O4S. The molecule has 1 amide bonds. The monoisotopic (exact) mass is 471 g/mol. The Kier molecular flexibility index (Phi) is 7.14. The van der Waals surface area contributed by atoms with Gasteiger partial charge in [-0.05, 0) is 64.8 Å². The molecule has 150 valence electrons. The molecule has 0 spiro atoms. The minimum Gasteiger partial charge on any atom is -0.496 e. The molecule has 0 aliphatic carbocycles. The zero-order valence-electron chi connectivity index (χ0n) is 15.4. The quantitative estimate of drug-likeness (QED) is 0.496. The number of sulfonamides is 1. The van der Waals surface area contributed by atoms with Crippen molar-refractivity contribution in [2.75, 3.05) is 24.2 Å². The summed E-state index contributed by atoms with van der Waals surface area (Å²) in [6.45, 7) is 1.15. The molecule has 2 rings (SSSR count). The number of hydrogen-bond acceptors (Lipinski definition) is 5. The van der Waals surface area contributed by atoms with Crippen molar-refractivity contribution in [3.8, 4) is 5.75 Å². The predicted molar refractivity (Wildman–Crippen MR) is 110 cm³/mol. The Balaban J connectivity index is 2.14. The number of nitrogens with zero attached hydrogens (tertiary/aromatic N) is 2. The van der Waals surface area contributed by atoms with Gasteiger partial charge in [0.2, 0.25) is 10.0 Å². The molecular weight excluding hydrogens is 453 g/mol. The SMILES string of the molecule is COc1ccc(/C(C)=N\NC(=O)CN(c2cccc(F)c2)S(C)(=O)=O)cc1Br. The lowest BCUT2D eigenvalue weighted by atomic mass is 10.1. The number of hydrazone groups is 1. The second kappa shape index (κ2) is 9.16. The summed E-state index contributed by atoms with van der Waals surface area (Å²) in [5.74, 6) is -0.619. The summed E-state index contributed by atoms with van der Waals surface area (Å²) in [4.78, 5) is 12.2. The van der Waals surface area contributed by atoms with E-state index in [2.05, 4.69) is 26.5 Å². The molecule has 2 aromatic carbocycles. The number of rotatable bonds is 7. The third-order valence-electron chi connectivity index (χ3n) is 3.70. The first-order chi connectivity index (χ1) is 13.1. The van der Waals surface area contributed by atoms with Crippen LogP contribution >= 0.6 is 15.9 Å². The minimum absolute atomic E-state index is 0.0532. The van der Waals surface area contributed by atoms with Crippen molar-refractivity contribution in [1.82, 2.24) is 5.43 Å². The molecule has 0 bridgehead atoms. The van der Waals surface area contributed by atoms with Crippen molar-refractivity contribution < 1.29 is 22.3 Å². The van der Waals surface area contributed by atoms with Gasteiger partial charge < -0.3 is 4.74 Å². The van der Waals surface area contributed by atoms with Crippen LogP contribution in [0.15, 0.2) is 52.0 Å². The lowest BCUT2D eigenvalue weighted by molar-refractivity contribution is -0.119. The molecule has 0 unspecified atom stereocenters. The number of ether oxygens (including phenoxy) is 1. The number of benzene rings is 2. The summed E-state index contributed by atoms with van der Waals surface area (Å²) in [5.41, 5.74) is 3.61. The van der Waals surface area contributed by atoms with E-state index in [1.165, 1.54) is 18.2 Å². The lowest BCUT2D eigenvalue weighted by Crippen LogP contribution is -2.39. The van der Waals surface area contributed by atoms with E-state index in [4.69, 9.17) is 4.74 Å². The van der Waals surface area contributed by atoms with Gasteiger partial charge in [0.05, 0.1) is 29.2 Å². The number of halogens is 2. The largest absolute Gasteiger partial charge is 0.496 e. The smallest absolute Gasteiger partial charge is 0.260 e. The van der Waals surface area contributed by atoms with Gasteiger partial charge in [0, 0.05) is 0 Å². The first-order valence-electron chi connectivity index (χ1n) is 8.02. The number of amides is 1. The van der Waals surface area contributed by atoms with Gasteiger partial charge in [-0.25, -0.2) is 18.2 Å². The zero-order chi connectivity index (χ0) is 20.9. The van der Waals surface area contributed by atoms with Crippen molar-refractivity contribution >= 4 is 43.3 Å². The van der Waals surface area contributed by atoms with E-state index in [0.717, 1.165) is 26.7 Å². The van der Waals surface area contributed by atoms with Crippen LogP contribution in [0.3, 0.4) is 0 Å². The van der Waals surface area contributed by atoms with Crippen molar-refractivity contribution in [3.63, 3.8) is 0 Å². The van der Waals surface area contributed by atoms with Crippen molar-refractivity contribution in [1.29, 1.82) is 0 Å². The summed E-state index contributed by atoms with van der Waals surface area (Å²) in [6.07, 6.45) is 0.939. The van der Waals surface area contributed by atoms with Gasteiger partial charge in [0.25, 0.3) is 5.91 Å². The third kappa shape index (κ3) is 5.77. The fourth-order valence-electron chi connectivity index (χ4n) is 2.30. The third-order valence-corrected chi connectivity index (χ3v) is 5.46. The number of nitrogens with one attached hydrogen (secondary N) is 1. The highest BCUT2D eigenvalue weighted by molar-refractivity contribution is 9.10. The van der Waals surface area contributed by atoms with E-state index in [1.807, 2.05) is 0 Å². The lowest BCUT2D eigenvalue weighted by Gasteiger charge is -2.21. The van der Waals surface area contributed by atoms with Crippen LogP contribution in [0.1, 0.15) is 12.5 Å². The van der Waals surface area contributed by atoms with E-state index >= 15 is 0 Å². The van der Waals surface area contributed by atoms with Gasteiger partial charge >= 0.3 is 0 Å². The van der Waals surface area contributed by atoms with E-state index < -0.39 is 28.3 Å². The molecule has 7 nitrogen and oxygen atoms in total. The molecule has 0 aliphatic rings. The van der Waals surface area contributed by atoms with Crippen LogP contribution in [0.2, 0.25) is 0 Å². The molecule has 10 heteroatoms. The molecule has 1 N–H and O–H groups in total. The Morgan fingerprint density at radius 3 is 2.57 bits per heavy atom. The van der Waals surface area contributed by atoms with Crippen LogP contribution in [0, 0.1) is 5.82 Å². The molecule has 0 atom stereocenters. The molecule has 0 aliphatic heterocycles. The van der Waals surface area contributed by atoms with Crippen molar-refractivity contribution in [2.45, 2.75) is 6.92 Å². The maximum Gasteiger partial charge on any atom is 0.260 e. The summed E-state index contributed by atoms with van der Waals surface area (Å²) in [7, 11) is -2.25. The molecule has 28 heavy (non-hydrogen) atoms. The van der Waals surface area contributed by atoms with Gasteiger partial charge in [0.15, 0.2) is 0 Å². The Bertz CT molecular complexity index is 1010. The Labute approximate surface area is 171 Å². The highest BCUT2D eigenvalue weighted by Gasteiger charge is 2.21. The van der Waals surface area contributed by atoms with Gasteiger partial charge in [0.1, 0.15) is 18.1 Å². The summed E-state index contributed by atoms with van der Waals surface area (Å²) < 4.78 is 44.1. The number of hydrogen-bond donors (Lipinski definition) is 1. The molecule has 0 fully saturated rings. The Hall–Kier alpha value is -2.46. The van der Waals surface area contributed by atoms with Crippen molar-refractivity contribution in [3.05, 3.63) is 58.3 Å². The van der Waals surface area contributed by atoms with E-state index in [9.17, 15) is 17.6 Å². The van der Waals surface area contributed by atoms with Gasteiger partial charge in [-0.15, -0.1) is 0 Å². The topological polar surface area (TPSA) is 88.1 Å². The first kappa shape index (κ1) is 21.8. The average Bonchev–Trinajstić information content (AvgIpc) is 2.63. The maximum absolute atomic E-state index is 13.4. The van der Waals surface area contributed by atoms with Crippen LogP contribution in [0.4, 0.5) is 10.1 Å². The second-order valence-electron chi connectivity index (χ2n) is 5.83. The van der Waals surface area contributed by atoms with Crippen LogP contribution < -0.4 is 14.5 Å². The fraction of sp³-hybridized carbons (Fsp3) is 0.222. The number of carbonyl (C=O) groups excluding carboxylic acids is 1. The van der Waals surface area contributed by atoms with E-state index in [0.29, 0.717) is 11.5 Å². The van der Waals surface area contributed by atoms with E-state index in [1.54, 1.807) is 32.2 Å². The summed E-state index contributed by atoms with van der Waals surface area (Å²) >= 11 is 3.37. The highest BCUT2D eigenvalue weighted by atomic mass is 79.9. The molecule has 0 saturated carbocycles. The van der Waals surface area contributed by atoms with Gasteiger partial charge in [-0.3, -0.25) is 9.10 Å². The van der Waals surface area contributed by atoms with Gasteiger partial charge in [-0.2, -0.15) is 5.10 Å². The van der Waals surface area contributed by atoms with Gasteiger partial charge in [-0.1, -0.05) is 6.07 Å². The van der Waals surface area contributed by atoms with Crippen LogP contribution in [0.5, 0.6) is 5.75 Å². The number of anilines is 1.